The van der Waals surface area contributed by atoms with E-state index in [1.807, 2.05) is 0 Å². The molecule has 0 radical (unpaired) electrons. The molecule has 0 aliphatic carbocycles. The number of hydrogen-bond donors (Lipinski definition) is 2. The maximum absolute atomic E-state index is 10.4. The summed E-state index contributed by atoms with van der Waals surface area (Å²) in [6.45, 7) is 2.28. The van der Waals surface area contributed by atoms with Gasteiger partial charge in [0.1, 0.15) is 0 Å². The Bertz CT molecular complexity index is 455. The van der Waals surface area contributed by atoms with Gasteiger partial charge in [0.15, 0.2) is 0 Å². The van der Waals surface area contributed by atoms with Crippen LogP contribution in [0.3, 0.4) is 0 Å². The number of aliphatic hydroxyl groups excluding tert-OH is 1. The van der Waals surface area contributed by atoms with Crippen LogP contribution < -0.4 is 0 Å². The van der Waals surface area contributed by atoms with Crippen LogP contribution in [0.1, 0.15) is 155 Å². The van der Waals surface area contributed by atoms with Crippen LogP contribution in [0.4, 0.5) is 0 Å². The Morgan fingerprint density at radius 2 is 1.12 bits per heavy atom. The highest BCUT2D eigenvalue weighted by molar-refractivity contribution is 5.66. The number of aliphatic hydroxyl groups is 1. The first kappa shape index (κ1) is 31.9. The van der Waals surface area contributed by atoms with Crippen molar-refractivity contribution in [1.82, 2.24) is 0 Å². The van der Waals surface area contributed by atoms with Gasteiger partial charge in [-0.3, -0.25) is 4.79 Å². The third-order valence-electron chi connectivity index (χ3n) is 6.42. The van der Waals surface area contributed by atoms with Gasteiger partial charge in [-0.15, -0.1) is 0 Å². The Labute approximate surface area is 206 Å². The molecule has 33 heavy (non-hydrogen) atoms. The fourth-order valence-electron chi connectivity index (χ4n) is 4.23. The van der Waals surface area contributed by atoms with Gasteiger partial charge < -0.3 is 10.2 Å². The maximum Gasteiger partial charge on any atom is 0.303 e. The molecule has 1 atom stereocenters. The van der Waals surface area contributed by atoms with Crippen molar-refractivity contribution in [3.8, 4) is 0 Å². The van der Waals surface area contributed by atoms with Crippen LogP contribution in [0.5, 0.6) is 0 Å². The van der Waals surface area contributed by atoms with E-state index in [0.29, 0.717) is 6.42 Å². The molecule has 3 heteroatoms. The van der Waals surface area contributed by atoms with E-state index in [-0.39, 0.29) is 6.10 Å². The van der Waals surface area contributed by atoms with Crippen molar-refractivity contribution in [2.45, 2.75) is 161 Å². The highest BCUT2D eigenvalue weighted by atomic mass is 16.4. The fraction of sp³-hybridized carbons (Fsp3) is 0.833. The van der Waals surface area contributed by atoms with Gasteiger partial charge in [-0.2, -0.15) is 0 Å². The van der Waals surface area contributed by atoms with E-state index in [4.69, 9.17) is 5.11 Å². The maximum atomic E-state index is 10.4. The van der Waals surface area contributed by atoms with E-state index < -0.39 is 5.97 Å². The molecular formula is C30H56O3. The second kappa shape index (κ2) is 27.2. The molecule has 0 amide bonds. The molecule has 1 unspecified atom stereocenters. The van der Waals surface area contributed by atoms with Crippen molar-refractivity contribution in [2.24, 2.45) is 0 Å². The lowest BCUT2D eigenvalue weighted by Gasteiger charge is -2.07. The standard InChI is InChI=1S/C30H56O3/c1-2-3-4-5-6-7-8-9-10-11-12-13-14-15-16-17-20-23-26-29(31)27-24-21-18-19-22-25-28-30(32)33/h15-16,20,23,29,31H,2-14,17-19,21-22,24-28H2,1H3,(H,32,33). The Hall–Kier alpha value is -1.09. The van der Waals surface area contributed by atoms with Crippen LogP contribution >= 0.6 is 0 Å². The predicted octanol–water partition coefficient (Wildman–Crippen LogP) is 9.54. The SMILES string of the molecule is CCCCCCCCCCCCCCC=CCC=CCC(O)CCCCCCCCC(=O)O. The van der Waals surface area contributed by atoms with Gasteiger partial charge in [0.05, 0.1) is 6.10 Å². The number of aliphatic carboxylic acids is 1. The molecule has 0 aromatic rings. The molecule has 0 aliphatic heterocycles. The van der Waals surface area contributed by atoms with Gasteiger partial charge in [-0.25, -0.2) is 0 Å². The molecule has 0 bridgehead atoms. The minimum atomic E-state index is -0.693. The highest BCUT2D eigenvalue weighted by Crippen LogP contribution is 2.13. The third-order valence-corrected chi connectivity index (χ3v) is 6.42. The lowest BCUT2D eigenvalue weighted by atomic mass is 10.0. The Morgan fingerprint density at radius 1 is 0.636 bits per heavy atom. The zero-order valence-corrected chi connectivity index (χ0v) is 22.0. The number of allylic oxidation sites excluding steroid dienone is 3. The predicted molar refractivity (Wildman–Crippen MR) is 144 cm³/mol. The minimum absolute atomic E-state index is 0.224. The third kappa shape index (κ3) is 28.9. The highest BCUT2D eigenvalue weighted by Gasteiger charge is 2.01. The number of carboxylic acid groups (broad SMARTS) is 1. The van der Waals surface area contributed by atoms with Crippen molar-refractivity contribution in [1.29, 1.82) is 0 Å². The van der Waals surface area contributed by atoms with Crippen LogP contribution in [0, 0.1) is 0 Å². The summed E-state index contributed by atoms with van der Waals surface area (Å²) >= 11 is 0. The average Bonchev–Trinajstić information content (AvgIpc) is 2.79. The zero-order valence-electron chi connectivity index (χ0n) is 22.0. The van der Waals surface area contributed by atoms with E-state index in [1.54, 1.807) is 0 Å². The minimum Gasteiger partial charge on any atom is -0.481 e. The van der Waals surface area contributed by atoms with Gasteiger partial charge >= 0.3 is 5.97 Å². The van der Waals surface area contributed by atoms with Gasteiger partial charge in [-0.05, 0) is 38.5 Å². The van der Waals surface area contributed by atoms with Crippen molar-refractivity contribution >= 4 is 5.97 Å². The Kier molecular flexibility index (Phi) is 26.3. The van der Waals surface area contributed by atoms with E-state index in [9.17, 15) is 9.90 Å². The van der Waals surface area contributed by atoms with Gasteiger partial charge in [-0.1, -0.05) is 134 Å². The van der Waals surface area contributed by atoms with Crippen LogP contribution in [0.25, 0.3) is 0 Å². The van der Waals surface area contributed by atoms with Crippen molar-refractivity contribution in [3.63, 3.8) is 0 Å². The summed E-state index contributed by atoms with van der Waals surface area (Å²) in [5.41, 5.74) is 0. The summed E-state index contributed by atoms with van der Waals surface area (Å²) in [5.74, 6) is -0.693. The number of rotatable bonds is 26. The van der Waals surface area contributed by atoms with E-state index in [2.05, 4.69) is 31.2 Å². The largest absolute Gasteiger partial charge is 0.481 e. The normalized spacial score (nSPS) is 12.8. The number of carbonyl (C=O) groups is 1. The lowest BCUT2D eigenvalue weighted by Crippen LogP contribution is -2.04. The van der Waals surface area contributed by atoms with Gasteiger partial charge in [0.25, 0.3) is 0 Å². The van der Waals surface area contributed by atoms with Crippen LogP contribution in [0.15, 0.2) is 24.3 Å². The van der Waals surface area contributed by atoms with Crippen molar-refractivity contribution in [2.75, 3.05) is 0 Å². The first-order valence-electron chi connectivity index (χ1n) is 14.4. The molecule has 0 aliphatic rings. The van der Waals surface area contributed by atoms with Crippen LogP contribution in [-0.2, 0) is 4.79 Å². The molecule has 0 rings (SSSR count). The number of hydrogen-bond acceptors (Lipinski definition) is 2. The number of unbranched alkanes of at least 4 members (excludes halogenated alkanes) is 17. The molecule has 0 saturated carbocycles. The summed E-state index contributed by atoms with van der Waals surface area (Å²) < 4.78 is 0. The lowest BCUT2D eigenvalue weighted by molar-refractivity contribution is -0.137. The Morgan fingerprint density at radius 3 is 1.70 bits per heavy atom. The van der Waals surface area contributed by atoms with Crippen molar-refractivity contribution in [3.05, 3.63) is 24.3 Å². The van der Waals surface area contributed by atoms with Gasteiger partial charge in [0.2, 0.25) is 0 Å². The smallest absolute Gasteiger partial charge is 0.303 e. The quantitative estimate of drug-likeness (QED) is 0.0989. The molecular weight excluding hydrogens is 408 g/mol. The molecule has 3 nitrogen and oxygen atoms in total. The molecule has 0 aromatic heterocycles. The first-order chi connectivity index (χ1) is 16.2. The monoisotopic (exact) mass is 464 g/mol. The molecule has 2 N–H and O–H groups in total. The summed E-state index contributed by atoms with van der Waals surface area (Å²) in [6.07, 6.45) is 35.8. The summed E-state index contributed by atoms with van der Waals surface area (Å²) in [6, 6.07) is 0. The summed E-state index contributed by atoms with van der Waals surface area (Å²) in [4.78, 5) is 10.4. The first-order valence-corrected chi connectivity index (χ1v) is 14.4. The molecule has 0 spiro atoms. The van der Waals surface area contributed by atoms with E-state index in [1.165, 1.54) is 83.5 Å². The van der Waals surface area contributed by atoms with Crippen molar-refractivity contribution < 1.29 is 15.0 Å². The fourth-order valence-corrected chi connectivity index (χ4v) is 4.23. The van der Waals surface area contributed by atoms with Gasteiger partial charge in [0, 0.05) is 6.42 Å². The van der Waals surface area contributed by atoms with E-state index in [0.717, 1.165) is 57.8 Å². The molecule has 0 fully saturated rings. The molecule has 0 aromatic carbocycles. The summed E-state index contributed by atoms with van der Waals surface area (Å²) in [5, 5.41) is 18.6. The average molecular weight is 465 g/mol. The second-order valence-electron chi connectivity index (χ2n) is 9.80. The number of carboxylic acids is 1. The summed E-state index contributed by atoms with van der Waals surface area (Å²) in [7, 11) is 0. The van der Waals surface area contributed by atoms with Crippen LogP contribution in [0.2, 0.25) is 0 Å². The Balaban J connectivity index is 3.30. The molecule has 0 saturated heterocycles. The topological polar surface area (TPSA) is 57.5 Å². The second-order valence-corrected chi connectivity index (χ2v) is 9.80. The molecule has 194 valence electrons. The van der Waals surface area contributed by atoms with E-state index >= 15 is 0 Å². The van der Waals surface area contributed by atoms with Crippen LogP contribution in [-0.4, -0.2) is 22.3 Å². The molecule has 0 heterocycles. The zero-order chi connectivity index (χ0) is 24.2.